The van der Waals surface area contributed by atoms with Gasteiger partial charge in [0.1, 0.15) is 5.69 Å². The number of rotatable bonds is 3. The lowest BCUT2D eigenvalue weighted by atomic mass is 9.88. The zero-order valence-corrected chi connectivity index (χ0v) is 13.3. The third-order valence-electron chi connectivity index (χ3n) is 3.77. The minimum atomic E-state index is -0.440. The highest BCUT2D eigenvalue weighted by molar-refractivity contribution is 5.93. The number of morpholine rings is 1. The van der Waals surface area contributed by atoms with Gasteiger partial charge in [-0.25, -0.2) is 0 Å². The molecule has 0 unspecified atom stereocenters. The summed E-state index contributed by atoms with van der Waals surface area (Å²) in [5.41, 5.74) is 6.68. The Balaban J connectivity index is 2.16. The molecule has 22 heavy (non-hydrogen) atoms. The molecule has 1 aromatic rings. The smallest absolute Gasteiger partial charge is 0.272 e. The lowest BCUT2D eigenvalue weighted by Gasteiger charge is -2.34. The molecule has 1 aliphatic heterocycles. The van der Waals surface area contributed by atoms with Crippen molar-refractivity contribution in [2.45, 2.75) is 38.6 Å². The van der Waals surface area contributed by atoms with Gasteiger partial charge in [-0.3, -0.25) is 14.6 Å². The molecule has 2 N–H and O–H groups in total. The topological polar surface area (TPSA) is 85.5 Å². The molecule has 0 aliphatic carbocycles. The lowest BCUT2D eigenvalue weighted by molar-refractivity contribution is -0.120. The van der Waals surface area contributed by atoms with Crippen LogP contribution in [0.4, 0.5) is 0 Å². The van der Waals surface area contributed by atoms with Crippen LogP contribution in [-0.4, -0.2) is 47.5 Å². The molecule has 1 aliphatic rings. The Hall–Kier alpha value is -1.95. The molecule has 2 heterocycles. The summed E-state index contributed by atoms with van der Waals surface area (Å²) < 4.78 is 5.34. The van der Waals surface area contributed by atoms with Crippen molar-refractivity contribution in [3.05, 3.63) is 29.6 Å². The first-order valence-electron chi connectivity index (χ1n) is 7.42. The summed E-state index contributed by atoms with van der Waals surface area (Å²) >= 11 is 0. The van der Waals surface area contributed by atoms with Crippen LogP contribution < -0.4 is 5.73 Å². The van der Waals surface area contributed by atoms with Crippen LogP contribution >= 0.6 is 0 Å². The summed E-state index contributed by atoms with van der Waals surface area (Å²) in [6, 6.07) is 3.34. The van der Waals surface area contributed by atoms with Crippen molar-refractivity contribution < 1.29 is 14.3 Å². The summed E-state index contributed by atoms with van der Waals surface area (Å²) in [6.07, 6.45) is 1.84. The van der Waals surface area contributed by atoms with Crippen LogP contribution in [0.2, 0.25) is 0 Å². The van der Waals surface area contributed by atoms with E-state index in [-0.39, 0.29) is 23.8 Å². The van der Waals surface area contributed by atoms with E-state index in [9.17, 15) is 9.59 Å². The molecule has 1 atom stereocenters. The van der Waals surface area contributed by atoms with Crippen LogP contribution in [0.15, 0.2) is 18.3 Å². The Labute approximate surface area is 130 Å². The predicted octanol–water partition coefficient (Wildman–Crippen LogP) is 1.10. The van der Waals surface area contributed by atoms with Gasteiger partial charge in [0.25, 0.3) is 5.91 Å². The fourth-order valence-corrected chi connectivity index (χ4v) is 2.43. The van der Waals surface area contributed by atoms with Crippen molar-refractivity contribution >= 4 is 11.8 Å². The maximum Gasteiger partial charge on any atom is 0.272 e. The van der Waals surface area contributed by atoms with E-state index in [0.717, 1.165) is 5.56 Å². The maximum atomic E-state index is 12.6. The van der Waals surface area contributed by atoms with E-state index < -0.39 is 5.91 Å². The number of ether oxygens (including phenoxy) is 1. The number of pyridine rings is 1. The summed E-state index contributed by atoms with van der Waals surface area (Å²) in [5.74, 6) is -0.626. The molecule has 6 heteroatoms. The van der Waals surface area contributed by atoms with E-state index >= 15 is 0 Å². The number of hydrogen-bond donors (Lipinski definition) is 1. The van der Waals surface area contributed by atoms with Crippen LogP contribution in [0.3, 0.4) is 0 Å². The first kappa shape index (κ1) is 16.4. The van der Waals surface area contributed by atoms with Crippen molar-refractivity contribution in [1.29, 1.82) is 0 Å². The molecule has 0 aromatic carbocycles. The van der Waals surface area contributed by atoms with Gasteiger partial charge >= 0.3 is 0 Å². The number of carbonyl (C=O) groups is 2. The molecule has 0 spiro atoms. The summed E-state index contributed by atoms with van der Waals surface area (Å²) in [7, 11) is 0. The van der Waals surface area contributed by atoms with E-state index in [2.05, 4.69) is 25.8 Å². The van der Waals surface area contributed by atoms with E-state index in [4.69, 9.17) is 10.5 Å². The highest BCUT2D eigenvalue weighted by atomic mass is 16.5. The number of amides is 2. The van der Waals surface area contributed by atoms with Crippen LogP contribution in [0.1, 0.15) is 43.2 Å². The normalized spacial score (nSPS) is 19.0. The van der Waals surface area contributed by atoms with Crippen LogP contribution in [0.5, 0.6) is 0 Å². The maximum absolute atomic E-state index is 12.6. The van der Waals surface area contributed by atoms with E-state index in [0.29, 0.717) is 25.5 Å². The van der Waals surface area contributed by atoms with Gasteiger partial charge in [0.2, 0.25) is 5.91 Å². The second-order valence-corrected chi connectivity index (χ2v) is 6.58. The van der Waals surface area contributed by atoms with Gasteiger partial charge in [0, 0.05) is 19.2 Å². The molecule has 120 valence electrons. The molecule has 1 saturated heterocycles. The van der Waals surface area contributed by atoms with Crippen LogP contribution in [0, 0.1) is 0 Å². The van der Waals surface area contributed by atoms with Crippen molar-refractivity contribution in [3.8, 4) is 0 Å². The standard InChI is InChI=1S/C16H23N3O3/c1-16(2,3)11-4-5-13(18-9-11)15(21)19-6-7-22-10-12(19)8-14(17)20/h4-5,9,12H,6-8,10H2,1-3H3,(H2,17,20)/t12-/m0/s1. The molecule has 0 saturated carbocycles. The quantitative estimate of drug-likeness (QED) is 0.906. The van der Waals surface area contributed by atoms with Gasteiger partial charge < -0.3 is 15.4 Å². The van der Waals surface area contributed by atoms with E-state index in [1.807, 2.05) is 6.07 Å². The molecule has 2 rings (SSSR count). The SMILES string of the molecule is CC(C)(C)c1ccc(C(=O)N2CCOC[C@@H]2CC(N)=O)nc1. The zero-order chi connectivity index (χ0) is 16.3. The molecular weight excluding hydrogens is 282 g/mol. The Morgan fingerprint density at radius 1 is 1.41 bits per heavy atom. The number of carbonyl (C=O) groups excluding carboxylic acids is 2. The average Bonchev–Trinajstić information content (AvgIpc) is 2.46. The van der Waals surface area contributed by atoms with E-state index in [1.165, 1.54) is 0 Å². The molecule has 1 fully saturated rings. The number of nitrogens with two attached hydrogens (primary N) is 1. The fraction of sp³-hybridized carbons (Fsp3) is 0.562. The molecule has 0 bridgehead atoms. The Morgan fingerprint density at radius 2 is 2.14 bits per heavy atom. The van der Waals surface area contributed by atoms with Gasteiger partial charge in [-0.2, -0.15) is 0 Å². The summed E-state index contributed by atoms with van der Waals surface area (Å²) in [4.78, 5) is 29.7. The van der Waals surface area contributed by atoms with Crippen molar-refractivity contribution in [3.63, 3.8) is 0 Å². The molecular formula is C16H23N3O3. The van der Waals surface area contributed by atoms with Crippen molar-refractivity contribution in [2.24, 2.45) is 5.73 Å². The largest absolute Gasteiger partial charge is 0.377 e. The zero-order valence-electron chi connectivity index (χ0n) is 13.3. The van der Waals surface area contributed by atoms with Gasteiger partial charge in [0.05, 0.1) is 19.3 Å². The number of primary amides is 1. The Morgan fingerprint density at radius 3 is 2.68 bits per heavy atom. The van der Waals surface area contributed by atoms with Crippen molar-refractivity contribution in [2.75, 3.05) is 19.8 Å². The van der Waals surface area contributed by atoms with Gasteiger partial charge in [-0.05, 0) is 17.0 Å². The van der Waals surface area contributed by atoms with Gasteiger partial charge in [0.15, 0.2) is 0 Å². The minimum Gasteiger partial charge on any atom is -0.377 e. The highest BCUT2D eigenvalue weighted by Gasteiger charge is 2.30. The minimum absolute atomic E-state index is 0.0119. The van der Waals surface area contributed by atoms with Crippen LogP contribution in [0.25, 0.3) is 0 Å². The summed E-state index contributed by atoms with van der Waals surface area (Å²) in [6.45, 7) is 7.51. The van der Waals surface area contributed by atoms with Crippen LogP contribution in [-0.2, 0) is 14.9 Å². The number of nitrogens with zero attached hydrogens (tertiary/aromatic N) is 2. The number of aromatic nitrogens is 1. The monoisotopic (exact) mass is 305 g/mol. The molecule has 2 amide bonds. The Bertz CT molecular complexity index is 549. The fourth-order valence-electron chi connectivity index (χ4n) is 2.43. The third-order valence-corrected chi connectivity index (χ3v) is 3.77. The van der Waals surface area contributed by atoms with Gasteiger partial charge in [-0.15, -0.1) is 0 Å². The second-order valence-electron chi connectivity index (χ2n) is 6.58. The second kappa shape index (κ2) is 6.44. The predicted molar refractivity (Wildman–Crippen MR) is 82.4 cm³/mol. The molecule has 0 radical (unpaired) electrons. The summed E-state index contributed by atoms with van der Waals surface area (Å²) in [5, 5.41) is 0. The Kier molecular flexibility index (Phi) is 4.81. The first-order chi connectivity index (χ1) is 10.3. The molecule has 6 nitrogen and oxygen atoms in total. The van der Waals surface area contributed by atoms with Gasteiger partial charge in [-0.1, -0.05) is 26.8 Å². The third kappa shape index (κ3) is 3.82. The van der Waals surface area contributed by atoms with Crippen molar-refractivity contribution in [1.82, 2.24) is 9.88 Å². The lowest BCUT2D eigenvalue weighted by Crippen LogP contribution is -2.50. The van der Waals surface area contributed by atoms with E-state index in [1.54, 1.807) is 17.2 Å². The number of hydrogen-bond acceptors (Lipinski definition) is 4. The molecule has 1 aromatic heterocycles. The average molecular weight is 305 g/mol. The highest BCUT2D eigenvalue weighted by Crippen LogP contribution is 2.22. The first-order valence-corrected chi connectivity index (χ1v) is 7.42.